The molecule has 0 aliphatic rings. The van der Waals surface area contributed by atoms with E-state index in [9.17, 15) is 14.9 Å². The Hall–Kier alpha value is -2.22. The molecule has 1 aromatic carbocycles. The smallest absolute Gasteiger partial charge is 0.297 e. The maximum Gasteiger partial charge on any atom is 0.297 e. The highest BCUT2D eigenvalue weighted by molar-refractivity contribution is 5.83. The summed E-state index contributed by atoms with van der Waals surface area (Å²) in [6, 6.07) is 5.67. The number of para-hydroxylation sites is 1. The van der Waals surface area contributed by atoms with Crippen LogP contribution in [0.2, 0.25) is 0 Å². The molecule has 5 heteroatoms. The summed E-state index contributed by atoms with van der Waals surface area (Å²) in [5.41, 5.74) is -0.612. The van der Waals surface area contributed by atoms with Gasteiger partial charge in [-0.1, -0.05) is 6.07 Å². The van der Waals surface area contributed by atoms with E-state index >= 15 is 0 Å². The first kappa shape index (κ1) is 8.87. The summed E-state index contributed by atoms with van der Waals surface area (Å²) in [5, 5.41) is 19.0. The summed E-state index contributed by atoms with van der Waals surface area (Å²) >= 11 is 0. The third kappa shape index (κ3) is 1.51. The van der Waals surface area contributed by atoms with Crippen LogP contribution in [0.1, 0.15) is 15.9 Å². The third-order valence-corrected chi connectivity index (χ3v) is 1.50. The van der Waals surface area contributed by atoms with Gasteiger partial charge < -0.3 is 0 Å². The molecule has 0 aliphatic heterocycles. The summed E-state index contributed by atoms with van der Waals surface area (Å²) < 4.78 is 0. The van der Waals surface area contributed by atoms with E-state index in [2.05, 4.69) is 0 Å². The van der Waals surface area contributed by atoms with Crippen LogP contribution in [0.5, 0.6) is 0 Å². The third-order valence-electron chi connectivity index (χ3n) is 1.50. The Kier molecular flexibility index (Phi) is 2.36. The van der Waals surface area contributed by atoms with Crippen molar-refractivity contribution in [1.82, 2.24) is 0 Å². The van der Waals surface area contributed by atoms with Crippen LogP contribution in [0.15, 0.2) is 18.2 Å². The van der Waals surface area contributed by atoms with Gasteiger partial charge in [0, 0.05) is 0 Å². The van der Waals surface area contributed by atoms with Gasteiger partial charge in [0.25, 0.3) is 5.69 Å². The van der Waals surface area contributed by atoms with Crippen molar-refractivity contribution in [3.05, 3.63) is 39.4 Å². The summed E-state index contributed by atoms with van der Waals surface area (Å²) in [5.74, 6) is 0. The van der Waals surface area contributed by atoms with Crippen molar-refractivity contribution in [3.63, 3.8) is 0 Å². The molecule has 0 saturated carbocycles. The second-order valence-corrected chi connectivity index (χ2v) is 2.23. The van der Waals surface area contributed by atoms with Crippen LogP contribution >= 0.6 is 0 Å². The number of nitriles is 1. The molecule has 0 saturated heterocycles. The minimum absolute atomic E-state index is 0.0796. The van der Waals surface area contributed by atoms with E-state index in [0.29, 0.717) is 6.29 Å². The summed E-state index contributed by atoms with van der Waals surface area (Å²) in [6.07, 6.45) is 0.360. The summed E-state index contributed by atoms with van der Waals surface area (Å²) in [6.45, 7) is 0. The molecule has 0 unspecified atom stereocenters. The fourth-order valence-electron chi connectivity index (χ4n) is 0.950. The molecule has 0 radical (unpaired) electrons. The monoisotopic (exact) mass is 176 g/mol. The van der Waals surface area contributed by atoms with Crippen LogP contribution in [0.25, 0.3) is 0 Å². The van der Waals surface area contributed by atoms with Gasteiger partial charge in [-0.15, -0.1) is 0 Å². The minimum Gasteiger partial charge on any atom is -0.298 e. The van der Waals surface area contributed by atoms with Gasteiger partial charge in [-0.05, 0) is 12.1 Å². The number of carbonyl (C=O) groups is 1. The van der Waals surface area contributed by atoms with Crippen LogP contribution in [0.3, 0.4) is 0 Å². The second kappa shape index (κ2) is 3.45. The lowest BCUT2D eigenvalue weighted by molar-refractivity contribution is -0.385. The number of nitro benzene ring substituents is 1. The molecule has 0 aromatic heterocycles. The Labute approximate surface area is 73.4 Å². The molecule has 0 atom stereocenters. The summed E-state index contributed by atoms with van der Waals surface area (Å²) in [4.78, 5) is 20.1. The Morgan fingerprint density at radius 3 is 2.69 bits per heavy atom. The number of rotatable bonds is 2. The van der Waals surface area contributed by atoms with E-state index < -0.39 is 10.6 Å². The van der Waals surface area contributed by atoms with Crippen molar-refractivity contribution in [2.75, 3.05) is 0 Å². The number of hydrogen-bond donors (Lipinski definition) is 0. The van der Waals surface area contributed by atoms with Crippen molar-refractivity contribution >= 4 is 12.0 Å². The van der Waals surface area contributed by atoms with Crippen molar-refractivity contribution < 1.29 is 9.72 Å². The fourth-order valence-corrected chi connectivity index (χ4v) is 0.950. The number of carbonyl (C=O) groups excluding carboxylic acids is 1. The highest BCUT2D eigenvalue weighted by Crippen LogP contribution is 2.21. The first-order valence-electron chi connectivity index (χ1n) is 3.33. The van der Waals surface area contributed by atoms with Gasteiger partial charge >= 0.3 is 0 Å². The number of nitrogens with zero attached hydrogens (tertiary/aromatic N) is 2. The first-order chi connectivity index (χ1) is 6.20. The van der Waals surface area contributed by atoms with E-state index in [1.807, 2.05) is 0 Å². The maximum absolute atomic E-state index is 10.5. The zero-order valence-corrected chi connectivity index (χ0v) is 6.43. The van der Waals surface area contributed by atoms with E-state index in [0.717, 1.165) is 0 Å². The largest absolute Gasteiger partial charge is 0.298 e. The van der Waals surface area contributed by atoms with E-state index in [-0.39, 0.29) is 11.1 Å². The Morgan fingerprint density at radius 2 is 2.23 bits per heavy atom. The lowest BCUT2D eigenvalue weighted by Gasteiger charge is -1.95. The van der Waals surface area contributed by atoms with Gasteiger partial charge in [0.05, 0.1) is 10.5 Å². The molecule has 0 amide bonds. The SMILES string of the molecule is N#Cc1cccc(C=O)c1[N+](=O)[O-]. The Morgan fingerprint density at radius 1 is 1.54 bits per heavy atom. The van der Waals surface area contributed by atoms with Gasteiger partial charge in [-0.2, -0.15) is 5.26 Å². The van der Waals surface area contributed by atoms with E-state index in [1.54, 1.807) is 6.07 Å². The van der Waals surface area contributed by atoms with Gasteiger partial charge in [0.2, 0.25) is 0 Å². The molecule has 1 aromatic rings. The molecule has 0 heterocycles. The zero-order chi connectivity index (χ0) is 9.84. The Bertz CT molecular complexity index is 406. The number of nitro groups is 1. The molecule has 0 spiro atoms. The zero-order valence-electron chi connectivity index (χ0n) is 6.43. The predicted molar refractivity (Wildman–Crippen MR) is 43.2 cm³/mol. The number of hydrogen-bond acceptors (Lipinski definition) is 4. The molecule has 0 fully saturated rings. The minimum atomic E-state index is -0.734. The standard InChI is InChI=1S/C8H4N2O3/c9-4-6-2-1-3-7(5-11)8(6)10(12)13/h1-3,5H. The molecular weight excluding hydrogens is 172 g/mol. The topological polar surface area (TPSA) is 84.0 Å². The Balaban J connectivity index is 3.49. The number of aldehydes is 1. The molecule has 0 bridgehead atoms. The molecular formula is C8H4N2O3. The van der Waals surface area contributed by atoms with Crippen LogP contribution in [-0.2, 0) is 0 Å². The normalized spacial score (nSPS) is 8.85. The van der Waals surface area contributed by atoms with Gasteiger partial charge in [0.1, 0.15) is 11.6 Å². The van der Waals surface area contributed by atoms with E-state index in [1.165, 1.54) is 18.2 Å². The fraction of sp³-hybridized carbons (Fsp3) is 0. The molecule has 0 aliphatic carbocycles. The molecule has 0 N–H and O–H groups in total. The van der Waals surface area contributed by atoms with Crippen molar-refractivity contribution in [2.24, 2.45) is 0 Å². The predicted octanol–water partition coefficient (Wildman–Crippen LogP) is 1.28. The summed E-state index contributed by atoms with van der Waals surface area (Å²) in [7, 11) is 0. The van der Waals surface area contributed by atoms with Crippen LogP contribution < -0.4 is 0 Å². The van der Waals surface area contributed by atoms with Crippen LogP contribution in [0.4, 0.5) is 5.69 Å². The quantitative estimate of drug-likeness (QED) is 0.386. The molecule has 1 rings (SSSR count). The average molecular weight is 176 g/mol. The number of benzene rings is 1. The van der Waals surface area contributed by atoms with Crippen molar-refractivity contribution in [2.45, 2.75) is 0 Å². The highest BCUT2D eigenvalue weighted by atomic mass is 16.6. The van der Waals surface area contributed by atoms with Gasteiger partial charge in [-0.3, -0.25) is 14.9 Å². The van der Waals surface area contributed by atoms with E-state index in [4.69, 9.17) is 5.26 Å². The van der Waals surface area contributed by atoms with Crippen molar-refractivity contribution in [3.8, 4) is 6.07 Å². The second-order valence-electron chi connectivity index (χ2n) is 2.23. The lowest BCUT2D eigenvalue weighted by Crippen LogP contribution is -1.97. The highest BCUT2D eigenvalue weighted by Gasteiger charge is 2.18. The van der Waals surface area contributed by atoms with Gasteiger partial charge in [0.15, 0.2) is 6.29 Å². The van der Waals surface area contributed by atoms with Crippen molar-refractivity contribution in [1.29, 1.82) is 5.26 Å². The molecule has 5 nitrogen and oxygen atoms in total. The van der Waals surface area contributed by atoms with Crippen LogP contribution in [-0.4, -0.2) is 11.2 Å². The molecule has 64 valence electrons. The molecule has 13 heavy (non-hydrogen) atoms. The maximum atomic E-state index is 10.5. The average Bonchev–Trinajstić information content (AvgIpc) is 2.16. The van der Waals surface area contributed by atoms with Crippen LogP contribution in [0, 0.1) is 21.4 Å². The lowest BCUT2D eigenvalue weighted by atomic mass is 10.1. The van der Waals surface area contributed by atoms with Gasteiger partial charge in [-0.25, -0.2) is 0 Å². The first-order valence-corrected chi connectivity index (χ1v) is 3.33.